The summed E-state index contributed by atoms with van der Waals surface area (Å²) >= 11 is 0. The van der Waals surface area contributed by atoms with Crippen LogP contribution in [0, 0.1) is 0 Å². The topological polar surface area (TPSA) is 120 Å². The first-order valence-electron chi connectivity index (χ1n) is 8.66. The molecule has 0 aromatic rings. The van der Waals surface area contributed by atoms with Gasteiger partial charge in [-0.25, -0.2) is 0 Å². The van der Waals surface area contributed by atoms with Crippen molar-refractivity contribution in [2.45, 2.75) is 77.2 Å². The molecule has 0 aromatic heterocycles. The first-order valence-corrected chi connectivity index (χ1v) is 8.66. The Morgan fingerprint density at radius 2 is 1.59 bits per heavy atom. The number of nitrogens with one attached hydrogen (secondary N) is 1. The second-order valence-electron chi connectivity index (χ2n) is 5.82. The molecule has 6 nitrogen and oxygen atoms in total. The third kappa shape index (κ3) is 13.7. The zero-order chi connectivity index (χ0) is 16.6. The van der Waals surface area contributed by atoms with Crippen LogP contribution in [0.2, 0.25) is 0 Å². The van der Waals surface area contributed by atoms with Gasteiger partial charge in [-0.2, -0.15) is 0 Å². The van der Waals surface area contributed by atoms with E-state index in [4.69, 9.17) is 17.2 Å². The number of carbonyl (C=O) groups excluding carboxylic acids is 1. The molecular formula is C16H35N5O. The van der Waals surface area contributed by atoms with E-state index in [1.165, 1.54) is 44.9 Å². The summed E-state index contributed by atoms with van der Waals surface area (Å²) in [4.78, 5) is 15.6. The molecule has 1 atom stereocenters. The Hall–Kier alpha value is -1.30. The van der Waals surface area contributed by atoms with Crippen molar-refractivity contribution in [3.05, 3.63) is 0 Å². The van der Waals surface area contributed by atoms with Crippen molar-refractivity contribution >= 4 is 11.9 Å². The number of carbonyl (C=O) groups is 1. The first-order chi connectivity index (χ1) is 10.6. The summed E-state index contributed by atoms with van der Waals surface area (Å²) in [6, 6.07) is -0.469. The number of hydrogen-bond acceptors (Lipinski definition) is 3. The average Bonchev–Trinajstić information content (AvgIpc) is 2.49. The summed E-state index contributed by atoms with van der Waals surface area (Å²) in [5.74, 6) is 0.000336. The molecule has 22 heavy (non-hydrogen) atoms. The van der Waals surface area contributed by atoms with Crippen molar-refractivity contribution in [1.82, 2.24) is 5.32 Å². The van der Waals surface area contributed by atoms with Crippen LogP contribution in [0.1, 0.15) is 71.1 Å². The maximum Gasteiger partial charge on any atom is 0.236 e. The Morgan fingerprint density at radius 3 is 2.18 bits per heavy atom. The summed E-state index contributed by atoms with van der Waals surface area (Å²) in [5.41, 5.74) is 16.3. The fraction of sp³-hybridized carbons (Fsp3) is 0.875. The molecule has 0 aliphatic rings. The van der Waals surface area contributed by atoms with Gasteiger partial charge >= 0.3 is 0 Å². The van der Waals surface area contributed by atoms with Gasteiger partial charge in [0.25, 0.3) is 0 Å². The van der Waals surface area contributed by atoms with Crippen LogP contribution in [0.5, 0.6) is 0 Å². The standard InChI is InChI=1S/C16H35N5O/c1-2-3-4-5-6-7-8-9-12-20-15(22)14(17)11-10-13-21-16(18)19/h14H,2-13,17H2,1H3,(H,20,22)(H4,18,19,21). The number of unbranched alkanes of at least 4 members (excludes halogenated alkanes) is 7. The number of amides is 1. The summed E-state index contributed by atoms with van der Waals surface area (Å²) in [7, 11) is 0. The predicted molar refractivity (Wildman–Crippen MR) is 93.5 cm³/mol. The predicted octanol–water partition coefficient (Wildman–Crippen LogP) is 1.62. The fourth-order valence-electron chi connectivity index (χ4n) is 2.25. The summed E-state index contributed by atoms with van der Waals surface area (Å²) < 4.78 is 0. The summed E-state index contributed by atoms with van der Waals surface area (Å²) in [6.45, 7) is 3.46. The molecule has 1 unspecified atom stereocenters. The molecule has 0 rings (SSSR count). The quantitative estimate of drug-likeness (QED) is 0.221. The second kappa shape index (κ2) is 14.6. The lowest BCUT2D eigenvalue weighted by Gasteiger charge is -2.11. The van der Waals surface area contributed by atoms with Crippen LogP contribution in [0.3, 0.4) is 0 Å². The average molecular weight is 313 g/mol. The fourth-order valence-corrected chi connectivity index (χ4v) is 2.25. The van der Waals surface area contributed by atoms with Crippen LogP contribution in [0.15, 0.2) is 4.99 Å². The van der Waals surface area contributed by atoms with Crippen LogP contribution in [-0.4, -0.2) is 31.0 Å². The molecule has 7 N–H and O–H groups in total. The molecule has 0 aromatic carbocycles. The molecule has 0 spiro atoms. The molecular weight excluding hydrogens is 278 g/mol. The van der Waals surface area contributed by atoms with Crippen LogP contribution >= 0.6 is 0 Å². The van der Waals surface area contributed by atoms with Crippen molar-refractivity contribution in [2.75, 3.05) is 13.1 Å². The number of nitrogens with zero attached hydrogens (tertiary/aromatic N) is 1. The zero-order valence-electron chi connectivity index (χ0n) is 14.2. The minimum atomic E-state index is -0.469. The van der Waals surface area contributed by atoms with E-state index in [1.807, 2.05) is 0 Å². The van der Waals surface area contributed by atoms with E-state index in [1.54, 1.807) is 0 Å². The van der Waals surface area contributed by atoms with E-state index in [-0.39, 0.29) is 11.9 Å². The smallest absolute Gasteiger partial charge is 0.236 e. The largest absolute Gasteiger partial charge is 0.370 e. The molecule has 0 heterocycles. The highest BCUT2D eigenvalue weighted by molar-refractivity contribution is 5.81. The van der Waals surface area contributed by atoms with E-state index in [9.17, 15) is 4.79 Å². The second-order valence-corrected chi connectivity index (χ2v) is 5.82. The molecule has 0 bridgehead atoms. The van der Waals surface area contributed by atoms with Crippen molar-refractivity contribution in [3.8, 4) is 0 Å². The molecule has 6 heteroatoms. The number of guanidine groups is 1. The third-order valence-electron chi connectivity index (χ3n) is 3.63. The van der Waals surface area contributed by atoms with E-state index in [0.717, 1.165) is 13.0 Å². The van der Waals surface area contributed by atoms with Gasteiger partial charge in [0.15, 0.2) is 5.96 Å². The minimum Gasteiger partial charge on any atom is -0.370 e. The summed E-state index contributed by atoms with van der Waals surface area (Å²) in [5, 5.41) is 2.89. The van der Waals surface area contributed by atoms with Crippen molar-refractivity contribution < 1.29 is 4.79 Å². The van der Waals surface area contributed by atoms with Gasteiger partial charge in [0.05, 0.1) is 6.04 Å². The first kappa shape index (κ1) is 20.7. The molecule has 0 aliphatic heterocycles. The highest BCUT2D eigenvalue weighted by atomic mass is 16.2. The summed E-state index contributed by atoms with van der Waals surface area (Å²) in [6.07, 6.45) is 11.4. The van der Waals surface area contributed by atoms with E-state index >= 15 is 0 Å². The van der Waals surface area contributed by atoms with E-state index in [2.05, 4.69) is 17.2 Å². The van der Waals surface area contributed by atoms with Gasteiger partial charge < -0.3 is 22.5 Å². The number of rotatable bonds is 14. The number of hydrogen-bond donors (Lipinski definition) is 4. The Kier molecular flexibility index (Phi) is 13.8. The maximum atomic E-state index is 11.8. The van der Waals surface area contributed by atoms with Gasteiger partial charge in [-0.1, -0.05) is 51.9 Å². The molecule has 130 valence electrons. The maximum absolute atomic E-state index is 11.8. The zero-order valence-corrected chi connectivity index (χ0v) is 14.2. The molecule has 0 fully saturated rings. The van der Waals surface area contributed by atoms with Gasteiger partial charge in [0, 0.05) is 13.1 Å². The Labute approximate surface area is 135 Å². The van der Waals surface area contributed by atoms with Gasteiger partial charge in [0.1, 0.15) is 0 Å². The minimum absolute atomic E-state index is 0.0763. The van der Waals surface area contributed by atoms with Crippen LogP contribution < -0.4 is 22.5 Å². The normalized spacial score (nSPS) is 11.9. The third-order valence-corrected chi connectivity index (χ3v) is 3.63. The molecule has 0 aliphatic carbocycles. The number of nitrogens with two attached hydrogens (primary N) is 3. The molecule has 1 amide bonds. The van der Waals surface area contributed by atoms with Gasteiger partial charge in [-0.05, 0) is 19.3 Å². The van der Waals surface area contributed by atoms with E-state index < -0.39 is 6.04 Å². The van der Waals surface area contributed by atoms with Crippen LogP contribution in [-0.2, 0) is 4.79 Å². The molecule has 0 radical (unpaired) electrons. The molecule has 0 saturated carbocycles. The monoisotopic (exact) mass is 313 g/mol. The van der Waals surface area contributed by atoms with Crippen LogP contribution in [0.25, 0.3) is 0 Å². The molecule has 0 saturated heterocycles. The SMILES string of the molecule is CCCCCCCCCCNC(=O)C(N)CCCN=C(N)N. The Morgan fingerprint density at radius 1 is 1.00 bits per heavy atom. The van der Waals surface area contributed by atoms with Gasteiger partial charge in [0.2, 0.25) is 5.91 Å². The highest BCUT2D eigenvalue weighted by Gasteiger charge is 2.11. The van der Waals surface area contributed by atoms with Gasteiger partial charge in [-0.15, -0.1) is 0 Å². The lowest BCUT2D eigenvalue weighted by molar-refractivity contribution is -0.122. The van der Waals surface area contributed by atoms with Gasteiger partial charge in [-0.3, -0.25) is 9.79 Å². The number of aliphatic imine (C=N–C) groups is 1. The lowest BCUT2D eigenvalue weighted by Crippen LogP contribution is -2.41. The van der Waals surface area contributed by atoms with Crippen molar-refractivity contribution in [3.63, 3.8) is 0 Å². The van der Waals surface area contributed by atoms with Crippen LogP contribution in [0.4, 0.5) is 0 Å². The highest BCUT2D eigenvalue weighted by Crippen LogP contribution is 2.07. The van der Waals surface area contributed by atoms with Crippen molar-refractivity contribution in [2.24, 2.45) is 22.2 Å². The van der Waals surface area contributed by atoms with Crippen molar-refractivity contribution in [1.29, 1.82) is 0 Å². The van der Waals surface area contributed by atoms with E-state index in [0.29, 0.717) is 19.4 Å². The Bertz CT molecular complexity index is 303. The Balaban J connectivity index is 3.42. The lowest BCUT2D eigenvalue weighted by atomic mass is 10.1.